The third-order valence-electron chi connectivity index (χ3n) is 22.0. The molecule has 0 saturated heterocycles. The van der Waals surface area contributed by atoms with E-state index in [9.17, 15) is 0 Å². The van der Waals surface area contributed by atoms with E-state index in [2.05, 4.69) is 342 Å². The Morgan fingerprint density at radius 2 is 0.775 bits per heavy atom. The molecule has 0 unspecified atom stereocenters. The summed E-state index contributed by atoms with van der Waals surface area (Å²) < 4.78 is 16.7. The molecule has 2 aliphatic heterocycles. The summed E-state index contributed by atoms with van der Waals surface area (Å²) in [7, 11) is 4.30. The lowest BCUT2D eigenvalue weighted by molar-refractivity contribution is 0.506. The Morgan fingerprint density at radius 3 is 1.14 bits per heavy atom. The minimum absolute atomic E-state index is 0.108. The molecule has 12 rings (SSSR count). The van der Waals surface area contributed by atoms with E-state index in [0.29, 0.717) is 13.3 Å². The van der Waals surface area contributed by atoms with Crippen molar-refractivity contribution in [1.82, 2.24) is 34.1 Å². The molecule has 0 aliphatic carbocycles. The summed E-state index contributed by atoms with van der Waals surface area (Å²) >= 11 is 3.54. The summed E-state index contributed by atoms with van der Waals surface area (Å²) in [6.07, 6.45) is 1.50. The second kappa shape index (κ2) is 34.8. The zero-order valence-electron chi connectivity index (χ0n) is 78.6. The van der Waals surface area contributed by atoms with Gasteiger partial charge in [-0.15, -0.1) is 22.7 Å². The van der Waals surface area contributed by atoms with Gasteiger partial charge in [-0.05, 0) is 255 Å². The number of hydrogen-bond acceptors (Lipinski definition) is 13. The zero-order valence-corrected chi connectivity index (χ0v) is 80.3. The maximum absolute atomic E-state index is 5.72. The van der Waals surface area contributed by atoms with Gasteiger partial charge in [0.2, 0.25) is 0 Å². The molecule has 8 heterocycles. The Hall–Kier alpha value is -7.23. The van der Waals surface area contributed by atoms with E-state index in [-0.39, 0.29) is 43.3 Å². The van der Waals surface area contributed by atoms with E-state index >= 15 is 0 Å². The van der Waals surface area contributed by atoms with E-state index in [4.69, 9.17) is 18.8 Å². The average Bonchev–Trinajstić information content (AvgIpc) is 1.62. The van der Waals surface area contributed by atoms with Crippen LogP contribution in [0.3, 0.4) is 0 Å². The van der Waals surface area contributed by atoms with Gasteiger partial charge < -0.3 is 18.0 Å². The molecule has 0 fully saturated rings. The van der Waals surface area contributed by atoms with Crippen molar-refractivity contribution in [1.29, 1.82) is 0 Å². The number of benzene rings is 4. The lowest BCUT2D eigenvalue weighted by Gasteiger charge is -2.27. The molecule has 610 valence electrons. The summed E-state index contributed by atoms with van der Waals surface area (Å²) in [6, 6.07) is 0. The Kier molecular flexibility index (Phi) is 29.6. The first-order chi connectivity index (χ1) is 50.3. The molecule has 111 heavy (non-hydrogen) atoms. The Morgan fingerprint density at radius 1 is 0.360 bits per heavy atom. The fourth-order valence-electron chi connectivity index (χ4n) is 17.0. The van der Waals surface area contributed by atoms with E-state index < -0.39 is 0 Å². The molecule has 0 spiro atoms. The van der Waals surface area contributed by atoms with Crippen molar-refractivity contribution >= 4 is 88.8 Å². The van der Waals surface area contributed by atoms with Crippen molar-refractivity contribution in [2.75, 3.05) is 13.3 Å². The average molecular weight is 1550 g/mol. The SMILES string of the molecule is CC1=NCN=C1C(C)(C)C.CC1=NCN=C1C(C)(C)C.Cc1c(C(C)(C)C)c(C)c2c(c1C)c(C)c(C)n2C.Cc1c(C(C)(C)C)c(C)c2nc(C)n(C)c2c1C.Cc1nc2c(C)c(C(C)(C)C)c(C)c(C)c2o1.Cc1nc2c(C)c(C(C)(C)C)c(C)c(C)c2s1.Cc1ocnc1C(C)(C)C.Cc1scnc1C(C)(C)C. The maximum atomic E-state index is 5.72. The highest BCUT2D eigenvalue weighted by Gasteiger charge is 2.31. The van der Waals surface area contributed by atoms with E-state index in [0.717, 1.165) is 62.1 Å². The van der Waals surface area contributed by atoms with Crippen molar-refractivity contribution in [3.63, 3.8) is 0 Å². The summed E-state index contributed by atoms with van der Waals surface area (Å²) in [5, 5.41) is 2.62. The highest BCUT2D eigenvalue weighted by molar-refractivity contribution is 7.18. The zero-order chi connectivity index (χ0) is 85.5. The third kappa shape index (κ3) is 21.4. The molecule has 0 saturated carbocycles. The number of nitrogens with zero attached hydrogens (tertiary/aromatic N) is 11. The lowest BCUT2D eigenvalue weighted by Crippen LogP contribution is -2.24. The molecule has 6 aromatic heterocycles. The third-order valence-corrected chi connectivity index (χ3v) is 23.8. The van der Waals surface area contributed by atoms with Gasteiger partial charge in [0.05, 0.1) is 71.5 Å². The van der Waals surface area contributed by atoms with Crippen LogP contribution < -0.4 is 0 Å². The van der Waals surface area contributed by atoms with Gasteiger partial charge in [-0.2, -0.15) is 0 Å². The minimum Gasteiger partial charge on any atom is -0.448 e. The van der Waals surface area contributed by atoms with Gasteiger partial charge in [0.15, 0.2) is 17.9 Å². The van der Waals surface area contributed by atoms with Crippen molar-refractivity contribution < 1.29 is 8.83 Å². The Balaban J connectivity index is 0.000000230. The highest BCUT2D eigenvalue weighted by atomic mass is 32.1. The molecule has 0 radical (unpaired) electrons. The molecule has 2 aliphatic rings. The number of aromatic nitrogens is 7. The predicted octanol–water partition coefficient (Wildman–Crippen LogP) is 27.1. The quantitative estimate of drug-likeness (QED) is 0.147. The first-order valence-corrected chi connectivity index (χ1v) is 41.6. The first kappa shape index (κ1) is 94.4. The summed E-state index contributed by atoms with van der Waals surface area (Å²) in [6.45, 7) is 99.9. The van der Waals surface area contributed by atoms with Gasteiger partial charge in [-0.3, -0.25) is 20.0 Å². The largest absolute Gasteiger partial charge is 0.448 e. The van der Waals surface area contributed by atoms with Crippen LogP contribution in [0.5, 0.6) is 0 Å². The number of oxazole rings is 2. The smallest absolute Gasteiger partial charge is 0.192 e. The molecule has 4 aromatic carbocycles. The van der Waals surface area contributed by atoms with Crippen LogP contribution in [0.4, 0.5) is 0 Å². The number of rotatable bonds is 0. The van der Waals surface area contributed by atoms with E-state index in [1.54, 1.807) is 11.3 Å². The molecule has 13 nitrogen and oxygen atoms in total. The fraction of sp³-hybridized carbons (Fsp3) is 0.594. The van der Waals surface area contributed by atoms with Gasteiger partial charge in [0.1, 0.15) is 30.4 Å². The molecule has 15 heteroatoms. The number of imidazole rings is 1. The van der Waals surface area contributed by atoms with Gasteiger partial charge in [-0.25, -0.2) is 24.9 Å². The second-order valence-electron chi connectivity index (χ2n) is 39.5. The summed E-state index contributed by atoms with van der Waals surface area (Å²) in [4.78, 5) is 40.7. The number of fused-ring (bicyclic) bond motifs is 4. The van der Waals surface area contributed by atoms with Gasteiger partial charge in [0.25, 0.3) is 0 Å². The van der Waals surface area contributed by atoms with Gasteiger partial charge in [-0.1, -0.05) is 166 Å². The molecule has 0 N–H and O–H groups in total. The standard InChI is InChI=1S/C18H27N.C16H24N2.C15H21NO.C15H21NS.2C8H14N2.C8H13NO.C8H13NS/c1-10-11(2)16(18(6,7)8)13(4)17-15(10)12(3)14(5)19(17)9;1-9-10(2)15-14(17-12(4)18(15)8)11(3)13(9)16(5,6)7;2*1-8-9(2)14-13(16-11(4)17-14)10(3)12(8)15(5,6)7;2*1-6-7(8(2,3)4)10-5-9-6;2*1-6-7(8(2,3)4)9-5-10-6/h1-9H3;1-8H3;2*1-7H3;2*5H2,1-4H3;2*5H,1-4H3. The molecule has 10 aromatic rings. The van der Waals surface area contributed by atoms with Crippen LogP contribution in [0.15, 0.2) is 40.7 Å². The van der Waals surface area contributed by atoms with Crippen molar-refractivity contribution in [3.8, 4) is 0 Å². The van der Waals surface area contributed by atoms with Crippen LogP contribution in [0.25, 0.3) is 43.3 Å². The Labute approximate surface area is 680 Å². The van der Waals surface area contributed by atoms with Gasteiger partial charge in [0, 0.05) is 58.6 Å². The first-order valence-electron chi connectivity index (χ1n) is 39.9. The van der Waals surface area contributed by atoms with Crippen LogP contribution in [0.1, 0.15) is 319 Å². The fourth-order valence-corrected chi connectivity index (χ4v) is 18.8. The second-order valence-corrected chi connectivity index (χ2v) is 41.8. The van der Waals surface area contributed by atoms with Crippen LogP contribution in [-0.4, -0.2) is 70.2 Å². The Bertz CT molecular complexity index is 4940. The van der Waals surface area contributed by atoms with E-state index in [1.165, 1.54) is 149 Å². The minimum atomic E-state index is 0.108. The maximum Gasteiger partial charge on any atom is 0.192 e. The predicted molar refractivity (Wildman–Crippen MR) is 488 cm³/mol. The molecular weight excluding hydrogens is 1400 g/mol. The van der Waals surface area contributed by atoms with Crippen LogP contribution >= 0.6 is 22.7 Å². The monoisotopic (exact) mass is 1550 g/mol. The van der Waals surface area contributed by atoms with Crippen LogP contribution in [0.2, 0.25) is 0 Å². The molecule has 0 atom stereocenters. The van der Waals surface area contributed by atoms with Crippen molar-refractivity contribution in [3.05, 3.63) is 151 Å². The van der Waals surface area contributed by atoms with Crippen molar-refractivity contribution in [2.45, 2.75) is 344 Å². The molecule has 0 bridgehead atoms. The lowest BCUT2D eigenvalue weighted by atomic mass is 9.78. The van der Waals surface area contributed by atoms with E-state index in [1.807, 2.05) is 44.5 Å². The van der Waals surface area contributed by atoms with Gasteiger partial charge >= 0.3 is 0 Å². The topological polar surface area (TPSA) is 150 Å². The normalized spacial score (nSPS) is 13.5. The van der Waals surface area contributed by atoms with Crippen LogP contribution in [0, 0.1) is 142 Å². The number of aryl methyl sites for hydroxylation is 16. The van der Waals surface area contributed by atoms with Crippen LogP contribution in [-0.2, 0) is 46.6 Å². The highest BCUT2D eigenvalue weighted by Crippen LogP contribution is 2.43. The number of thiazole rings is 2. The number of hydrogen-bond donors (Lipinski definition) is 0. The number of aliphatic imine (C=N–C) groups is 4. The summed E-state index contributed by atoms with van der Waals surface area (Å²) in [5.41, 5.74) is 42.3. The molecular formula is C96H147N11O2S2. The molecule has 0 amide bonds. The summed E-state index contributed by atoms with van der Waals surface area (Å²) in [5.74, 6) is 2.76. The van der Waals surface area contributed by atoms with Crippen molar-refractivity contribution in [2.24, 2.45) is 44.9 Å².